The molecule has 0 spiro atoms. The van der Waals surface area contributed by atoms with Crippen LogP contribution in [0.1, 0.15) is 12.8 Å². The quantitative estimate of drug-likeness (QED) is 0.747. The lowest BCUT2D eigenvalue weighted by molar-refractivity contribution is 0.197. The summed E-state index contributed by atoms with van der Waals surface area (Å²) in [6.07, 6.45) is 1.75. The number of halogens is 2. The summed E-state index contributed by atoms with van der Waals surface area (Å²) in [5, 5.41) is 0. The molecule has 1 saturated heterocycles. The summed E-state index contributed by atoms with van der Waals surface area (Å²) < 4.78 is 28.4. The van der Waals surface area contributed by atoms with Crippen LogP contribution >= 0.6 is 31.9 Å². The zero-order chi connectivity index (χ0) is 14.9. The average molecular weight is 426 g/mol. The predicted octanol–water partition coefficient (Wildman–Crippen LogP) is 2.93. The highest BCUT2D eigenvalue weighted by Crippen LogP contribution is 2.30. The van der Waals surface area contributed by atoms with Crippen molar-refractivity contribution in [3.05, 3.63) is 27.1 Å². The van der Waals surface area contributed by atoms with Crippen LogP contribution in [0.3, 0.4) is 0 Å². The van der Waals surface area contributed by atoms with Crippen LogP contribution in [-0.4, -0.2) is 50.8 Å². The summed E-state index contributed by atoms with van der Waals surface area (Å²) in [4.78, 5) is 2.54. The Morgan fingerprint density at radius 1 is 1.25 bits per heavy atom. The highest BCUT2D eigenvalue weighted by atomic mass is 79.9. The molecule has 0 atom stereocenters. The van der Waals surface area contributed by atoms with Crippen LogP contribution in [0.15, 0.2) is 32.0 Å². The van der Waals surface area contributed by atoms with Crippen LogP contribution in [0.4, 0.5) is 0 Å². The molecule has 0 unspecified atom stereocenters. The molecule has 1 fully saturated rings. The second-order valence-electron chi connectivity index (χ2n) is 5.13. The first kappa shape index (κ1) is 16.4. The first-order valence-corrected chi connectivity index (χ1v) is 9.46. The van der Waals surface area contributed by atoms with Gasteiger partial charge in [0.1, 0.15) is 0 Å². The fraction of sp³-hybridized carbons (Fsp3) is 0.538. The van der Waals surface area contributed by atoms with Crippen molar-refractivity contribution in [3.8, 4) is 0 Å². The largest absolute Gasteiger partial charge is 0.306 e. The minimum absolute atomic E-state index is 0.0714. The zero-order valence-electron chi connectivity index (χ0n) is 11.5. The fourth-order valence-electron chi connectivity index (χ4n) is 2.38. The molecule has 0 aliphatic carbocycles. The van der Waals surface area contributed by atoms with Crippen LogP contribution in [0.25, 0.3) is 0 Å². The van der Waals surface area contributed by atoms with Crippen LogP contribution < -0.4 is 0 Å². The third-order valence-electron chi connectivity index (χ3n) is 3.75. The standard InChI is InChI=1S/C13H18Br2N2O2S/c1-16-7-5-11(6-8-16)17(2)20(18,19)13-9-10(14)3-4-12(13)15/h3-4,9,11H,5-8H2,1-2H3. The number of likely N-dealkylation sites (tertiary alicyclic amines) is 1. The fourth-order valence-corrected chi connectivity index (χ4v) is 5.26. The number of hydrogen-bond acceptors (Lipinski definition) is 3. The Hall–Kier alpha value is 0.0500. The maximum Gasteiger partial charge on any atom is 0.244 e. The lowest BCUT2D eigenvalue weighted by atomic mass is 10.1. The number of nitrogens with zero attached hydrogens (tertiary/aromatic N) is 2. The number of benzene rings is 1. The van der Waals surface area contributed by atoms with Crippen molar-refractivity contribution < 1.29 is 8.42 Å². The Balaban J connectivity index is 2.27. The Morgan fingerprint density at radius 3 is 2.45 bits per heavy atom. The summed E-state index contributed by atoms with van der Waals surface area (Å²) in [7, 11) is 0.273. The van der Waals surface area contributed by atoms with Crippen molar-refractivity contribution >= 4 is 41.9 Å². The minimum Gasteiger partial charge on any atom is -0.306 e. The van der Waals surface area contributed by atoms with E-state index < -0.39 is 10.0 Å². The molecule has 112 valence electrons. The van der Waals surface area contributed by atoms with Gasteiger partial charge in [-0.3, -0.25) is 0 Å². The van der Waals surface area contributed by atoms with Crippen molar-refractivity contribution in [2.24, 2.45) is 0 Å². The van der Waals surface area contributed by atoms with Crippen LogP contribution in [-0.2, 0) is 10.0 Å². The first-order chi connectivity index (χ1) is 9.32. The van der Waals surface area contributed by atoms with Crippen molar-refractivity contribution in [2.45, 2.75) is 23.8 Å². The lowest BCUT2D eigenvalue weighted by Crippen LogP contribution is -2.44. The van der Waals surface area contributed by atoms with Gasteiger partial charge in [0.2, 0.25) is 10.0 Å². The molecular weight excluding hydrogens is 408 g/mol. The second kappa shape index (κ2) is 6.44. The molecule has 20 heavy (non-hydrogen) atoms. The second-order valence-corrected chi connectivity index (χ2v) is 8.87. The van der Waals surface area contributed by atoms with Gasteiger partial charge < -0.3 is 4.90 Å². The Morgan fingerprint density at radius 2 is 1.85 bits per heavy atom. The molecule has 4 nitrogen and oxygen atoms in total. The molecule has 7 heteroatoms. The van der Waals surface area contributed by atoms with Gasteiger partial charge in [0.05, 0.1) is 4.90 Å². The Kier molecular flexibility index (Phi) is 5.29. The minimum atomic E-state index is -3.47. The highest BCUT2D eigenvalue weighted by molar-refractivity contribution is 9.11. The van der Waals surface area contributed by atoms with Crippen molar-refractivity contribution in [3.63, 3.8) is 0 Å². The molecule has 1 aromatic carbocycles. The van der Waals surface area contributed by atoms with Crippen molar-refractivity contribution in [1.82, 2.24) is 9.21 Å². The molecule has 0 N–H and O–H groups in total. The van der Waals surface area contributed by atoms with E-state index in [4.69, 9.17) is 0 Å². The molecule has 1 heterocycles. The van der Waals surface area contributed by atoms with Crippen LogP contribution in [0.2, 0.25) is 0 Å². The third kappa shape index (κ3) is 3.44. The smallest absolute Gasteiger partial charge is 0.244 e. The third-order valence-corrected chi connectivity index (χ3v) is 7.15. The van der Waals surface area contributed by atoms with Gasteiger partial charge >= 0.3 is 0 Å². The van der Waals surface area contributed by atoms with Gasteiger partial charge in [0.25, 0.3) is 0 Å². The summed E-state index contributed by atoms with van der Waals surface area (Å²) >= 11 is 6.66. The number of sulfonamides is 1. The van der Waals surface area contributed by atoms with E-state index in [2.05, 4.69) is 43.8 Å². The normalized spacial score (nSPS) is 18.6. The zero-order valence-corrected chi connectivity index (χ0v) is 15.5. The first-order valence-electron chi connectivity index (χ1n) is 6.44. The average Bonchev–Trinajstić information content (AvgIpc) is 2.41. The lowest BCUT2D eigenvalue weighted by Gasteiger charge is -2.34. The van der Waals surface area contributed by atoms with Gasteiger partial charge in [0.15, 0.2) is 0 Å². The number of hydrogen-bond donors (Lipinski definition) is 0. The van der Waals surface area contributed by atoms with E-state index in [0.29, 0.717) is 9.37 Å². The number of rotatable bonds is 3. The van der Waals surface area contributed by atoms with E-state index in [-0.39, 0.29) is 6.04 Å². The maximum absolute atomic E-state index is 12.7. The van der Waals surface area contributed by atoms with Gasteiger partial charge in [-0.05, 0) is 67.1 Å². The molecule has 0 bridgehead atoms. The summed E-state index contributed by atoms with van der Waals surface area (Å²) in [6.45, 7) is 1.87. The molecule has 1 aliphatic rings. The molecule has 2 rings (SSSR count). The van der Waals surface area contributed by atoms with E-state index in [1.54, 1.807) is 19.2 Å². The Bertz CT molecular complexity index is 584. The van der Waals surface area contributed by atoms with Gasteiger partial charge in [-0.25, -0.2) is 8.42 Å². The SMILES string of the molecule is CN1CCC(N(C)S(=O)(=O)c2cc(Br)ccc2Br)CC1. The van der Waals surface area contributed by atoms with Crippen LogP contribution in [0, 0.1) is 0 Å². The molecule has 0 radical (unpaired) electrons. The number of piperidine rings is 1. The topological polar surface area (TPSA) is 40.6 Å². The maximum atomic E-state index is 12.7. The predicted molar refractivity (Wildman–Crippen MR) is 87.3 cm³/mol. The van der Waals surface area contributed by atoms with Gasteiger partial charge in [-0.2, -0.15) is 4.31 Å². The van der Waals surface area contributed by atoms with E-state index in [1.807, 2.05) is 6.07 Å². The summed E-state index contributed by atoms with van der Waals surface area (Å²) in [5.74, 6) is 0. The summed E-state index contributed by atoms with van der Waals surface area (Å²) in [6, 6.07) is 5.28. The molecule has 0 amide bonds. The van der Waals surface area contributed by atoms with Gasteiger partial charge in [0, 0.05) is 22.0 Å². The van der Waals surface area contributed by atoms with Crippen molar-refractivity contribution in [1.29, 1.82) is 0 Å². The van der Waals surface area contributed by atoms with Crippen LogP contribution in [0.5, 0.6) is 0 Å². The molecule has 0 aromatic heterocycles. The van der Waals surface area contributed by atoms with Crippen molar-refractivity contribution in [2.75, 3.05) is 27.2 Å². The molecule has 1 aliphatic heterocycles. The van der Waals surface area contributed by atoms with Gasteiger partial charge in [-0.15, -0.1) is 0 Å². The van der Waals surface area contributed by atoms with E-state index in [1.165, 1.54) is 4.31 Å². The highest BCUT2D eigenvalue weighted by Gasteiger charge is 2.31. The monoisotopic (exact) mass is 424 g/mol. The molecule has 1 aromatic rings. The Labute approximate surface area is 137 Å². The molecule has 0 saturated carbocycles. The molecular formula is C13H18Br2N2O2S. The van der Waals surface area contributed by atoms with Gasteiger partial charge in [-0.1, -0.05) is 15.9 Å². The summed E-state index contributed by atoms with van der Waals surface area (Å²) in [5.41, 5.74) is 0. The van der Waals surface area contributed by atoms with E-state index in [0.717, 1.165) is 30.4 Å². The van der Waals surface area contributed by atoms with E-state index >= 15 is 0 Å². The van der Waals surface area contributed by atoms with E-state index in [9.17, 15) is 8.42 Å².